The zero-order valence-electron chi connectivity index (χ0n) is 26.0. The number of benzene rings is 2. The molecule has 0 unspecified atom stereocenters. The number of hydrogen-bond donors (Lipinski definition) is 2. The van der Waals surface area contributed by atoms with E-state index in [1.807, 2.05) is 0 Å². The van der Waals surface area contributed by atoms with Crippen LogP contribution in [0.2, 0.25) is 0 Å². The Hall–Kier alpha value is -4.54. The van der Waals surface area contributed by atoms with Gasteiger partial charge in [-0.3, -0.25) is 9.59 Å². The molecule has 24 heteroatoms. The van der Waals surface area contributed by atoms with E-state index in [9.17, 15) is 89.0 Å². The summed E-state index contributed by atoms with van der Waals surface area (Å²) >= 11 is 0. The summed E-state index contributed by atoms with van der Waals surface area (Å²) in [5.74, 6) is -61.3. The number of carbonyl (C=O) groups excluding carboxylic acids is 3. The van der Waals surface area contributed by atoms with Crippen LogP contribution < -0.4 is 11.1 Å². The van der Waals surface area contributed by atoms with Crippen LogP contribution in [-0.2, 0) is 27.4 Å². The summed E-state index contributed by atoms with van der Waals surface area (Å²) in [6.45, 7) is -3.92. The molecule has 0 spiro atoms. The van der Waals surface area contributed by atoms with Crippen molar-refractivity contribution in [2.24, 2.45) is 5.73 Å². The molecule has 298 valence electrons. The molecule has 3 N–H and O–H groups in total. The summed E-state index contributed by atoms with van der Waals surface area (Å²) in [6.07, 6.45) is -13.1. The average Bonchev–Trinajstić information content (AvgIpc) is 3.05. The molecule has 0 heterocycles. The zero-order chi connectivity index (χ0) is 41.1. The first-order valence-electron chi connectivity index (χ1n) is 14.2. The molecule has 7 nitrogen and oxygen atoms in total. The Balaban J connectivity index is 2.46. The highest BCUT2D eigenvalue weighted by atomic mass is 19.4. The second-order valence-electron chi connectivity index (χ2n) is 11.0. The van der Waals surface area contributed by atoms with Crippen LogP contribution >= 0.6 is 0 Å². The number of alkyl halides is 17. The lowest BCUT2D eigenvalue weighted by Gasteiger charge is -2.43. The van der Waals surface area contributed by atoms with Crippen LogP contribution in [0.15, 0.2) is 60.7 Å². The molecule has 0 aliphatic carbocycles. The van der Waals surface area contributed by atoms with Crippen LogP contribution in [0.25, 0.3) is 0 Å². The summed E-state index contributed by atoms with van der Waals surface area (Å²) in [7, 11) is 0. The summed E-state index contributed by atoms with van der Waals surface area (Å²) in [5, 5.41) is 1.76. The Labute approximate surface area is 286 Å². The van der Waals surface area contributed by atoms with E-state index >= 15 is 0 Å². The highest BCUT2D eigenvalue weighted by molar-refractivity contribution is 5.89. The van der Waals surface area contributed by atoms with Crippen molar-refractivity contribution < 1.29 is 93.8 Å². The minimum absolute atomic E-state index is 0.0476. The van der Waals surface area contributed by atoms with Gasteiger partial charge in [0.25, 0.3) is 0 Å². The number of amides is 3. The smallest absolute Gasteiger partial charge is 0.445 e. The predicted octanol–water partition coefficient (Wildman–Crippen LogP) is 7.24. The van der Waals surface area contributed by atoms with Crippen LogP contribution in [0.5, 0.6) is 0 Å². The van der Waals surface area contributed by atoms with E-state index in [1.54, 1.807) is 11.4 Å². The van der Waals surface area contributed by atoms with Crippen LogP contribution in [0.1, 0.15) is 17.5 Å². The number of nitrogens with two attached hydrogens (primary N) is 1. The molecule has 2 aromatic carbocycles. The lowest BCUT2D eigenvalue weighted by molar-refractivity contribution is -0.461. The number of nitrogens with one attached hydrogen (secondary N) is 1. The molecular formula is C29H24F17N3O4. The molecule has 0 saturated heterocycles. The molecule has 0 aliphatic heterocycles. The van der Waals surface area contributed by atoms with Gasteiger partial charge in [-0.2, -0.15) is 74.6 Å². The van der Waals surface area contributed by atoms with Crippen molar-refractivity contribution in [1.82, 2.24) is 10.2 Å². The van der Waals surface area contributed by atoms with Gasteiger partial charge in [0.1, 0.15) is 19.2 Å². The third kappa shape index (κ3) is 8.65. The highest BCUT2D eigenvalue weighted by Crippen LogP contribution is 2.64. The van der Waals surface area contributed by atoms with Gasteiger partial charge in [-0.1, -0.05) is 60.7 Å². The second-order valence-corrected chi connectivity index (χ2v) is 11.0. The molecule has 1 atom stereocenters. The zero-order valence-corrected chi connectivity index (χ0v) is 26.0. The number of halogens is 17. The molecule has 53 heavy (non-hydrogen) atoms. The van der Waals surface area contributed by atoms with E-state index in [0.717, 1.165) is 0 Å². The van der Waals surface area contributed by atoms with Crippen molar-refractivity contribution in [2.45, 2.75) is 73.1 Å². The average molecular weight is 801 g/mol. The van der Waals surface area contributed by atoms with Crippen LogP contribution in [0, 0.1) is 0 Å². The monoisotopic (exact) mass is 801 g/mol. The molecule has 3 amide bonds. The molecule has 0 bridgehead atoms. The number of hydrogen-bond acceptors (Lipinski definition) is 4. The summed E-state index contributed by atoms with van der Waals surface area (Å²) in [4.78, 5) is 37.2. The van der Waals surface area contributed by atoms with Gasteiger partial charge in [0, 0.05) is 19.4 Å². The maximum Gasteiger partial charge on any atom is 0.460 e. The minimum Gasteiger partial charge on any atom is -0.445 e. The SMILES string of the molecule is NC(=O)[C@H](Cc1ccccc1)N(CCC(F)(F)C(F)(F)C(F)(F)C(F)(F)C(F)(F)C(F)(F)C(F)(F)C(F)(F)F)C(=O)CNC(=O)OCc1ccccc1. The number of carbonyl (C=O) groups is 3. The molecule has 0 saturated carbocycles. The maximum atomic E-state index is 14.8. The van der Waals surface area contributed by atoms with E-state index in [0.29, 0.717) is 5.56 Å². The van der Waals surface area contributed by atoms with E-state index in [4.69, 9.17) is 10.5 Å². The molecule has 0 radical (unpaired) electrons. The van der Waals surface area contributed by atoms with Gasteiger partial charge in [-0.25, -0.2) is 4.79 Å². The number of alkyl carbamates (subject to hydrolysis) is 1. The normalized spacial score (nSPS) is 14.4. The first-order valence-corrected chi connectivity index (χ1v) is 14.2. The van der Waals surface area contributed by atoms with Crippen LogP contribution in [0.3, 0.4) is 0 Å². The molecule has 0 fully saturated rings. The highest BCUT2D eigenvalue weighted by Gasteiger charge is 2.95. The fourth-order valence-corrected chi connectivity index (χ4v) is 4.29. The Morgan fingerprint density at radius 1 is 0.623 bits per heavy atom. The Morgan fingerprint density at radius 2 is 1.04 bits per heavy atom. The largest absolute Gasteiger partial charge is 0.460 e. The molecule has 2 aromatic rings. The van der Waals surface area contributed by atoms with E-state index in [-0.39, 0.29) is 10.5 Å². The summed E-state index contributed by atoms with van der Waals surface area (Å²) < 4.78 is 238. The van der Waals surface area contributed by atoms with Gasteiger partial charge < -0.3 is 20.7 Å². The van der Waals surface area contributed by atoms with Crippen molar-refractivity contribution in [2.75, 3.05) is 13.1 Å². The van der Waals surface area contributed by atoms with Crippen molar-refractivity contribution in [3.8, 4) is 0 Å². The molecule has 0 aliphatic rings. The fraction of sp³-hybridized carbons (Fsp3) is 0.483. The Morgan fingerprint density at radius 3 is 1.47 bits per heavy atom. The van der Waals surface area contributed by atoms with Crippen molar-refractivity contribution >= 4 is 17.9 Å². The van der Waals surface area contributed by atoms with E-state index < -0.39 is 104 Å². The number of rotatable bonds is 17. The molecule has 2 rings (SSSR count). The lowest BCUT2D eigenvalue weighted by Crippen LogP contribution is -2.74. The number of nitrogens with zero attached hydrogens (tertiary/aromatic N) is 1. The fourth-order valence-electron chi connectivity index (χ4n) is 4.29. The van der Waals surface area contributed by atoms with Gasteiger partial charge in [0.05, 0.1) is 0 Å². The van der Waals surface area contributed by atoms with Gasteiger partial charge in [0.15, 0.2) is 0 Å². The Bertz CT molecular complexity index is 1570. The van der Waals surface area contributed by atoms with Gasteiger partial charge in [-0.05, 0) is 11.1 Å². The summed E-state index contributed by atoms with van der Waals surface area (Å²) in [5.41, 5.74) is 5.65. The second kappa shape index (κ2) is 15.4. The summed E-state index contributed by atoms with van der Waals surface area (Å²) in [6, 6.07) is 11.8. The van der Waals surface area contributed by atoms with E-state index in [2.05, 4.69) is 0 Å². The number of primary amides is 1. The molecular weight excluding hydrogens is 777 g/mol. The van der Waals surface area contributed by atoms with Gasteiger partial charge in [-0.15, -0.1) is 0 Å². The first-order chi connectivity index (χ1) is 23.9. The Kier molecular flexibility index (Phi) is 13.0. The quantitative estimate of drug-likeness (QED) is 0.165. The van der Waals surface area contributed by atoms with Crippen molar-refractivity contribution in [1.29, 1.82) is 0 Å². The van der Waals surface area contributed by atoms with Gasteiger partial charge in [0.2, 0.25) is 11.8 Å². The third-order valence-electron chi connectivity index (χ3n) is 7.35. The minimum atomic E-state index is -8.81. The standard InChI is InChI=1S/C29H24F17N3O4/c30-22(31,23(32,33)24(34,35)25(36,37)26(38,39)27(40,41)28(42,43)29(44,45)46)11-12-49(18(20(47)51)13-16-7-3-1-4-8-16)19(50)14-48-21(52)53-15-17-9-5-2-6-10-17/h1-10,18H,11-15H2,(H2,47,51)(H,48,52)/t18-/m0/s1. The number of ether oxygens (including phenoxy) is 1. The molecule has 0 aromatic heterocycles. The lowest BCUT2D eigenvalue weighted by atomic mass is 9.88. The first kappa shape index (κ1) is 44.6. The van der Waals surface area contributed by atoms with E-state index in [1.165, 1.54) is 54.6 Å². The topological polar surface area (TPSA) is 102 Å². The van der Waals surface area contributed by atoms with Gasteiger partial charge >= 0.3 is 53.7 Å². The predicted molar refractivity (Wildman–Crippen MR) is 145 cm³/mol. The van der Waals surface area contributed by atoms with Crippen molar-refractivity contribution in [3.05, 3.63) is 71.8 Å². The maximum absolute atomic E-state index is 14.8. The van der Waals surface area contributed by atoms with Crippen LogP contribution in [0.4, 0.5) is 79.4 Å². The van der Waals surface area contributed by atoms with Crippen molar-refractivity contribution in [3.63, 3.8) is 0 Å². The van der Waals surface area contributed by atoms with Crippen LogP contribution in [-0.4, -0.2) is 89.6 Å². The third-order valence-corrected chi connectivity index (χ3v) is 7.35.